The highest BCUT2D eigenvalue weighted by atomic mass is 15.2. The predicted octanol–water partition coefficient (Wildman–Crippen LogP) is 3.28. The fraction of sp³-hybridized carbons (Fsp3) is 1.00. The summed E-state index contributed by atoms with van der Waals surface area (Å²) < 4.78 is 0. The minimum Gasteiger partial charge on any atom is -0.314 e. The molecule has 1 aliphatic rings. The molecule has 2 heteroatoms. The Morgan fingerprint density at radius 1 is 1.24 bits per heavy atom. The van der Waals surface area contributed by atoms with E-state index < -0.39 is 0 Å². The average Bonchev–Trinajstić information content (AvgIpc) is 2.33. The molecule has 0 aromatic rings. The Morgan fingerprint density at radius 2 is 2.00 bits per heavy atom. The normalized spacial score (nSPS) is 25.8. The molecular weight excluding hydrogens is 208 g/mol. The van der Waals surface area contributed by atoms with Gasteiger partial charge in [0, 0.05) is 18.6 Å². The van der Waals surface area contributed by atoms with Crippen molar-refractivity contribution in [2.75, 3.05) is 19.6 Å². The zero-order chi connectivity index (χ0) is 12.7. The second-order valence-corrected chi connectivity index (χ2v) is 5.95. The smallest absolute Gasteiger partial charge is 0.0110 e. The molecule has 17 heavy (non-hydrogen) atoms. The van der Waals surface area contributed by atoms with Crippen molar-refractivity contribution in [1.29, 1.82) is 0 Å². The molecule has 0 heterocycles. The van der Waals surface area contributed by atoms with Crippen LogP contribution in [-0.2, 0) is 0 Å². The Bertz CT molecular complexity index is 191. The minimum atomic E-state index is 0.773. The van der Waals surface area contributed by atoms with Gasteiger partial charge in [-0.1, -0.05) is 34.1 Å². The van der Waals surface area contributed by atoms with Crippen LogP contribution in [0, 0.1) is 5.92 Å². The lowest BCUT2D eigenvalue weighted by Gasteiger charge is -2.38. The van der Waals surface area contributed by atoms with Crippen LogP contribution in [0.5, 0.6) is 0 Å². The van der Waals surface area contributed by atoms with Crippen molar-refractivity contribution in [2.24, 2.45) is 5.92 Å². The molecule has 2 unspecified atom stereocenters. The summed E-state index contributed by atoms with van der Waals surface area (Å²) in [5.74, 6) is 0.791. The third-order valence-corrected chi connectivity index (χ3v) is 3.85. The first-order chi connectivity index (χ1) is 8.17. The van der Waals surface area contributed by atoms with Crippen molar-refractivity contribution >= 4 is 0 Å². The Labute approximate surface area is 108 Å². The lowest BCUT2D eigenvalue weighted by Crippen LogP contribution is -2.45. The van der Waals surface area contributed by atoms with Crippen LogP contribution in [-0.4, -0.2) is 36.6 Å². The molecule has 0 bridgehead atoms. The SMILES string of the molecule is CCCNC1CCCC(N(CC)CC(C)C)C1. The van der Waals surface area contributed by atoms with Crippen molar-refractivity contribution < 1.29 is 0 Å². The van der Waals surface area contributed by atoms with E-state index in [4.69, 9.17) is 0 Å². The Morgan fingerprint density at radius 3 is 2.59 bits per heavy atom. The van der Waals surface area contributed by atoms with Gasteiger partial charge in [0.05, 0.1) is 0 Å². The summed E-state index contributed by atoms with van der Waals surface area (Å²) in [5, 5.41) is 3.71. The van der Waals surface area contributed by atoms with E-state index in [2.05, 4.69) is 37.9 Å². The number of hydrogen-bond acceptors (Lipinski definition) is 2. The molecule has 1 fully saturated rings. The molecule has 0 aromatic heterocycles. The van der Waals surface area contributed by atoms with Gasteiger partial charge in [0.25, 0.3) is 0 Å². The molecule has 2 nitrogen and oxygen atoms in total. The molecule has 1 rings (SSSR count). The van der Waals surface area contributed by atoms with E-state index in [1.54, 1.807) is 0 Å². The van der Waals surface area contributed by atoms with Gasteiger partial charge in [0.1, 0.15) is 0 Å². The molecule has 0 spiro atoms. The Kier molecular flexibility index (Phi) is 7.14. The molecule has 1 saturated carbocycles. The maximum atomic E-state index is 3.71. The standard InChI is InChI=1S/C15H32N2/c1-5-10-16-14-8-7-9-15(11-14)17(6-2)12-13(3)4/h13-16H,5-12H2,1-4H3. The number of nitrogens with zero attached hydrogens (tertiary/aromatic N) is 1. The Balaban J connectivity index is 2.40. The van der Waals surface area contributed by atoms with Crippen LogP contribution in [0.4, 0.5) is 0 Å². The monoisotopic (exact) mass is 240 g/mol. The van der Waals surface area contributed by atoms with E-state index in [1.165, 1.54) is 51.7 Å². The van der Waals surface area contributed by atoms with E-state index in [9.17, 15) is 0 Å². The molecular formula is C15H32N2. The van der Waals surface area contributed by atoms with Crippen LogP contribution in [0.15, 0.2) is 0 Å². The van der Waals surface area contributed by atoms with Crippen LogP contribution in [0.1, 0.15) is 59.8 Å². The van der Waals surface area contributed by atoms with E-state index in [0.29, 0.717) is 0 Å². The third kappa shape index (κ3) is 5.39. The van der Waals surface area contributed by atoms with E-state index >= 15 is 0 Å². The lowest BCUT2D eigenvalue weighted by atomic mass is 9.89. The first kappa shape index (κ1) is 15.0. The molecule has 0 saturated heterocycles. The van der Waals surface area contributed by atoms with Crippen LogP contribution in [0.2, 0.25) is 0 Å². The summed E-state index contributed by atoms with van der Waals surface area (Å²) in [6.45, 7) is 12.9. The van der Waals surface area contributed by atoms with Crippen molar-refractivity contribution in [3.05, 3.63) is 0 Å². The average molecular weight is 240 g/mol. The summed E-state index contributed by atoms with van der Waals surface area (Å²) in [4.78, 5) is 2.70. The van der Waals surface area contributed by atoms with Gasteiger partial charge in [0.15, 0.2) is 0 Å². The summed E-state index contributed by atoms with van der Waals surface area (Å²) >= 11 is 0. The van der Waals surface area contributed by atoms with Gasteiger partial charge >= 0.3 is 0 Å². The van der Waals surface area contributed by atoms with Gasteiger partial charge < -0.3 is 10.2 Å². The maximum Gasteiger partial charge on any atom is 0.0110 e. The van der Waals surface area contributed by atoms with Crippen molar-refractivity contribution in [1.82, 2.24) is 10.2 Å². The van der Waals surface area contributed by atoms with Crippen LogP contribution < -0.4 is 5.32 Å². The minimum absolute atomic E-state index is 0.773. The van der Waals surface area contributed by atoms with Gasteiger partial charge in [0.2, 0.25) is 0 Å². The van der Waals surface area contributed by atoms with Crippen molar-refractivity contribution in [3.63, 3.8) is 0 Å². The number of hydrogen-bond donors (Lipinski definition) is 1. The van der Waals surface area contributed by atoms with Gasteiger partial charge in [-0.15, -0.1) is 0 Å². The highest BCUT2D eigenvalue weighted by Gasteiger charge is 2.25. The van der Waals surface area contributed by atoms with Gasteiger partial charge in [-0.3, -0.25) is 0 Å². The quantitative estimate of drug-likeness (QED) is 0.735. The van der Waals surface area contributed by atoms with E-state index in [0.717, 1.165) is 18.0 Å². The van der Waals surface area contributed by atoms with Gasteiger partial charge in [-0.25, -0.2) is 0 Å². The molecule has 0 aromatic carbocycles. The molecule has 0 aliphatic heterocycles. The fourth-order valence-corrected chi connectivity index (χ4v) is 3.03. The first-order valence-electron chi connectivity index (χ1n) is 7.64. The second-order valence-electron chi connectivity index (χ2n) is 5.95. The van der Waals surface area contributed by atoms with Crippen molar-refractivity contribution in [3.8, 4) is 0 Å². The first-order valence-corrected chi connectivity index (χ1v) is 7.64. The third-order valence-electron chi connectivity index (χ3n) is 3.85. The highest BCUT2D eigenvalue weighted by Crippen LogP contribution is 2.23. The summed E-state index contributed by atoms with van der Waals surface area (Å²) in [6.07, 6.45) is 6.81. The summed E-state index contributed by atoms with van der Waals surface area (Å²) in [6, 6.07) is 1.60. The molecule has 1 aliphatic carbocycles. The van der Waals surface area contributed by atoms with Gasteiger partial charge in [-0.05, 0) is 44.7 Å². The van der Waals surface area contributed by atoms with E-state index in [1.807, 2.05) is 0 Å². The number of rotatable bonds is 7. The Hall–Kier alpha value is -0.0800. The zero-order valence-electron chi connectivity index (χ0n) is 12.3. The zero-order valence-corrected chi connectivity index (χ0v) is 12.3. The molecule has 0 radical (unpaired) electrons. The van der Waals surface area contributed by atoms with Crippen LogP contribution >= 0.6 is 0 Å². The molecule has 102 valence electrons. The van der Waals surface area contributed by atoms with Crippen molar-refractivity contribution in [2.45, 2.75) is 71.9 Å². The fourth-order valence-electron chi connectivity index (χ4n) is 3.03. The topological polar surface area (TPSA) is 15.3 Å². The highest BCUT2D eigenvalue weighted by molar-refractivity contribution is 4.83. The predicted molar refractivity (Wildman–Crippen MR) is 76.4 cm³/mol. The second kappa shape index (κ2) is 8.10. The molecule has 1 N–H and O–H groups in total. The molecule has 0 amide bonds. The van der Waals surface area contributed by atoms with Crippen LogP contribution in [0.3, 0.4) is 0 Å². The summed E-state index contributed by atoms with van der Waals surface area (Å²) in [7, 11) is 0. The van der Waals surface area contributed by atoms with Gasteiger partial charge in [-0.2, -0.15) is 0 Å². The number of nitrogens with one attached hydrogen (secondary N) is 1. The van der Waals surface area contributed by atoms with Crippen LogP contribution in [0.25, 0.3) is 0 Å². The largest absolute Gasteiger partial charge is 0.314 e. The van der Waals surface area contributed by atoms with E-state index in [-0.39, 0.29) is 0 Å². The summed E-state index contributed by atoms with van der Waals surface area (Å²) in [5.41, 5.74) is 0. The molecule has 2 atom stereocenters. The lowest BCUT2D eigenvalue weighted by molar-refractivity contribution is 0.131. The maximum absolute atomic E-state index is 3.71.